The van der Waals surface area contributed by atoms with Crippen LogP contribution in [0.1, 0.15) is 42.7 Å². The van der Waals surface area contributed by atoms with Gasteiger partial charge in [-0.15, -0.1) is 0 Å². The number of piperidine rings is 1. The van der Waals surface area contributed by atoms with E-state index < -0.39 is 11.7 Å². The van der Waals surface area contributed by atoms with Crippen LogP contribution in [0.3, 0.4) is 0 Å². The highest BCUT2D eigenvalue weighted by atomic mass is 19.4. The first kappa shape index (κ1) is 16.3. The molecule has 2 heterocycles. The largest absolute Gasteiger partial charge is 0.416 e. The zero-order chi connectivity index (χ0) is 16.4. The zero-order valence-corrected chi connectivity index (χ0v) is 12.9. The molecule has 3 rings (SSSR count). The van der Waals surface area contributed by atoms with Gasteiger partial charge in [-0.1, -0.05) is 12.1 Å². The highest BCUT2D eigenvalue weighted by Crippen LogP contribution is 2.33. The first-order chi connectivity index (χ1) is 10.9. The molecule has 2 aliphatic rings. The summed E-state index contributed by atoms with van der Waals surface area (Å²) in [7, 11) is 0. The van der Waals surface area contributed by atoms with E-state index in [1.165, 1.54) is 0 Å². The van der Waals surface area contributed by atoms with Gasteiger partial charge in [-0.05, 0) is 55.8 Å². The Morgan fingerprint density at radius 2 is 1.74 bits per heavy atom. The number of nitrogens with zero attached hydrogens (tertiary/aromatic N) is 1. The fourth-order valence-electron chi connectivity index (χ4n) is 3.49. The third-order valence-corrected chi connectivity index (χ3v) is 4.87. The summed E-state index contributed by atoms with van der Waals surface area (Å²) in [4.78, 5) is 14.2. The van der Waals surface area contributed by atoms with Crippen molar-refractivity contribution in [1.82, 2.24) is 10.2 Å². The minimum atomic E-state index is -4.29. The minimum absolute atomic E-state index is 0.0439. The molecular weight excluding hydrogens is 305 g/mol. The maximum Gasteiger partial charge on any atom is 0.416 e. The SMILES string of the molecule is O=C(C1CCCN1)N1CCC(c2ccc(C(F)(F)F)cc2)CC1. The number of hydrogen-bond donors (Lipinski definition) is 1. The van der Waals surface area contributed by atoms with Crippen LogP contribution < -0.4 is 5.32 Å². The van der Waals surface area contributed by atoms with E-state index >= 15 is 0 Å². The van der Waals surface area contributed by atoms with E-state index in [0.29, 0.717) is 13.1 Å². The smallest absolute Gasteiger partial charge is 0.341 e. The van der Waals surface area contributed by atoms with Crippen LogP contribution in [0, 0.1) is 0 Å². The van der Waals surface area contributed by atoms with Gasteiger partial charge in [0, 0.05) is 13.1 Å². The molecule has 0 spiro atoms. The predicted molar refractivity (Wildman–Crippen MR) is 81.0 cm³/mol. The molecule has 0 saturated carbocycles. The van der Waals surface area contributed by atoms with E-state index in [2.05, 4.69) is 5.32 Å². The lowest BCUT2D eigenvalue weighted by atomic mass is 9.88. The molecule has 126 valence electrons. The third-order valence-electron chi connectivity index (χ3n) is 4.87. The maximum atomic E-state index is 12.6. The van der Waals surface area contributed by atoms with Crippen LogP contribution in [-0.2, 0) is 11.0 Å². The Hall–Kier alpha value is -1.56. The summed E-state index contributed by atoms with van der Waals surface area (Å²) in [6.45, 7) is 2.27. The Morgan fingerprint density at radius 3 is 2.26 bits per heavy atom. The molecule has 1 amide bonds. The van der Waals surface area contributed by atoms with Crippen LogP contribution in [0.2, 0.25) is 0 Å². The number of rotatable bonds is 2. The molecule has 1 aromatic rings. The number of benzene rings is 1. The molecule has 1 N–H and O–H groups in total. The van der Waals surface area contributed by atoms with Crippen LogP contribution in [0.5, 0.6) is 0 Å². The van der Waals surface area contributed by atoms with E-state index in [1.54, 1.807) is 12.1 Å². The van der Waals surface area contributed by atoms with Gasteiger partial charge in [0.25, 0.3) is 0 Å². The third kappa shape index (κ3) is 3.68. The number of halogens is 3. The molecule has 3 nitrogen and oxygen atoms in total. The fourth-order valence-corrected chi connectivity index (χ4v) is 3.49. The molecule has 2 fully saturated rings. The Bertz CT molecular complexity index is 542. The van der Waals surface area contributed by atoms with Crippen molar-refractivity contribution in [3.63, 3.8) is 0 Å². The van der Waals surface area contributed by atoms with Crippen LogP contribution in [0.4, 0.5) is 13.2 Å². The van der Waals surface area contributed by atoms with Crippen molar-refractivity contribution in [1.29, 1.82) is 0 Å². The summed E-state index contributed by atoms with van der Waals surface area (Å²) in [6.07, 6.45) is -0.730. The molecule has 0 aliphatic carbocycles. The molecule has 0 aromatic heterocycles. The molecule has 0 bridgehead atoms. The average Bonchev–Trinajstić information content (AvgIpc) is 3.08. The Balaban J connectivity index is 1.57. The standard InChI is InChI=1S/C17H21F3N2O/c18-17(19,20)14-5-3-12(4-6-14)13-7-10-22(11-8-13)16(23)15-2-1-9-21-15/h3-6,13,15,21H,1-2,7-11H2. The molecule has 2 saturated heterocycles. The molecule has 0 radical (unpaired) electrons. The van der Waals surface area contributed by atoms with E-state index in [0.717, 1.165) is 49.9 Å². The van der Waals surface area contributed by atoms with Crippen LogP contribution in [-0.4, -0.2) is 36.5 Å². The Kier molecular flexibility index (Phi) is 4.62. The minimum Gasteiger partial charge on any atom is -0.341 e. The van der Waals surface area contributed by atoms with E-state index in [4.69, 9.17) is 0 Å². The fraction of sp³-hybridized carbons (Fsp3) is 0.588. The van der Waals surface area contributed by atoms with Gasteiger partial charge in [0.2, 0.25) is 5.91 Å². The number of carbonyl (C=O) groups is 1. The van der Waals surface area contributed by atoms with Gasteiger partial charge in [0.05, 0.1) is 11.6 Å². The molecule has 1 aromatic carbocycles. The number of nitrogens with one attached hydrogen (secondary N) is 1. The lowest BCUT2D eigenvalue weighted by Gasteiger charge is -2.33. The monoisotopic (exact) mass is 326 g/mol. The molecule has 1 atom stereocenters. The summed E-state index contributed by atoms with van der Waals surface area (Å²) in [6, 6.07) is 5.40. The van der Waals surface area contributed by atoms with Gasteiger partial charge in [0.1, 0.15) is 0 Å². The first-order valence-corrected chi connectivity index (χ1v) is 8.14. The topological polar surface area (TPSA) is 32.3 Å². The van der Waals surface area contributed by atoms with Crippen molar-refractivity contribution in [2.24, 2.45) is 0 Å². The lowest BCUT2D eigenvalue weighted by Crippen LogP contribution is -2.46. The second-order valence-corrected chi connectivity index (χ2v) is 6.37. The van der Waals surface area contributed by atoms with E-state index in [-0.39, 0.29) is 17.9 Å². The highest BCUT2D eigenvalue weighted by molar-refractivity contribution is 5.82. The number of hydrogen-bond acceptors (Lipinski definition) is 2. The van der Waals surface area contributed by atoms with Crippen molar-refractivity contribution >= 4 is 5.91 Å². The van der Waals surface area contributed by atoms with Crippen molar-refractivity contribution in [2.45, 2.75) is 43.8 Å². The highest BCUT2D eigenvalue weighted by Gasteiger charge is 2.32. The Labute approximate surface area is 133 Å². The van der Waals surface area contributed by atoms with Crippen molar-refractivity contribution in [2.75, 3.05) is 19.6 Å². The summed E-state index contributed by atoms with van der Waals surface area (Å²) >= 11 is 0. The molecule has 2 aliphatic heterocycles. The summed E-state index contributed by atoms with van der Waals surface area (Å²) in [5.41, 5.74) is 0.324. The van der Waals surface area contributed by atoms with Gasteiger partial charge in [-0.2, -0.15) is 13.2 Å². The van der Waals surface area contributed by atoms with Crippen LogP contribution >= 0.6 is 0 Å². The van der Waals surface area contributed by atoms with Crippen molar-refractivity contribution in [3.05, 3.63) is 35.4 Å². The number of amides is 1. The summed E-state index contributed by atoms with van der Waals surface area (Å²) in [5.74, 6) is 0.409. The van der Waals surface area contributed by atoms with Crippen LogP contribution in [0.25, 0.3) is 0 Å². The summed E-state index contributed by atoms with van der Waals surface area (Å²) in [5, 5.41) is 3.22. The maximum absolute atomic E-state index is 12.6. The van der Waals surface area contributed by atoms with Gasteiger partial charge < -0.3 is 10.2 Å². The van der Waals surface area contributed by atoms with Gasteiger partial charge in [0.15, 0.2) is 0 Å². The average molecular weight is 326 g/mol. The van der Waals surface area contributed by atoms with Crippen molar-refractivity contribution in [3.8, 4) is 0 Å². The van der Waals surface area contributed by atoms with Gasteiger partial charge in [-0.3, -0.25) is 4.79 Å². The van der Waals surface area contributed by atoms with Crippen molar-refractivity contribution < 1.29 is 18.0 Å². The molecule has 23 heavy (non-hydrogen) atoms. The molecule has 6 heteroatoms. The number of alkyl halides is 3. The number of likely N-dealkylation sites (tertiary alicyclic amines) is 1. The lowest BCUT2D eigenvalue weighted by molar-refractivity contribution is -0.137. The predicted octanol–water partition coefficient (Wildman–Crippen LogP) is 3.16. The van der Waals surface area contributed by atoms with Crippen LogP contribution in [0.15, 0.2) is 24.3 Å². The zero-order valence-electron chi connectivity index (χ0n) is 12.9. The summed E-state index contributed by atoms with van der Waals surface area (Å²) < 4.78 is 37.8. The molecular formula is C17H21F3N2O. The normalized spacial score (nSPS) is 23.3. The second-order valence-electron chi connectivity index (χ2n) is 6.37. The number of carbonyl (C=O) groups excluding carboxylic acids is 1. The van der Waals surface area contributed by atoms with E-state index in [1.807, 2.05) is 4.90 Å². The second kappa shape index (κ2) is 6.51. The van der Waals surface area contributed by atoms with Gasteiger partial charge >= 0.3 is 6.18 Å². The quantitative estimate of drug-likeness (QED) is 0.905. The van der Waals surface area contributed by atoms with Gasteiger partial charge in [-0.25, -0.2) is 0 Å². The van der Waals surface area contributed by atoms with E-state index in [9.17, 15) is 18.0 Å². The first-order valence-electron chi connectivity index (χ1n) is 8.14. The molecule has 1 unspecified atom stereocenters. The Morgan fingerprint density at radius 1 is 1.09 bits per heavy atom.